The minimum atomic E-state index is 0.267. The van der Waals surface area contributed by atoms with Crippen LogP contribution in [0.3, 0.4) is 0 Å². The van der Waals surface area contributed by atoms with Crippen LogP contribution in [0.2, 0.25) is 0 Å². The van der Waals surface area contributed by atoms with Crippen molar-refractivity contribution in [3.05, 3.63) is 70.6 Å². The summed E-state index contributed by atoms with van der Waals surface area (Å²) in [6.07, 6.45) is 20.7. The van der Waals surface area contributed by atoms with Gasteiger partial charge < -0.3 is 5.32 Å². The molecule has 0 aromatic carbocycles. The second kappa shape index (κ2) is 11.1. The highest BCUT2D eigenvalue weighted by Crippen LogP contribution is 2.48. The Morgan fingerprint density at radius 2 is 2.00 bits per heavy atom. The standard InChI is InChI=1S/C32H46N3/c1-21(2)13-15-35(7)25(6)30-18-28(26-11-8-10-22(3)16-26)19-31(29-17-23(29)4)32(30)34-24(5)27-12-9-14-33-20-27/h8-11,14,18-19,21-24,27,29,33H,7,12-13,15-17,20H2,1-6H3/q+1. The van der Waals surface area contributed by atoms with Crippen LogP contribution in [0.1, 0.15) is 67.2 Å². The van der Waals surface area contributed by atoms with Crippen molar-refractivity contribution < 1.29 is 4.58 Å². The van der Waals surface area contributed by atoms with Gasteiger partial charge in [-0.3, -0.25) is 4.99 Å². The fraction of sp³-hybridized carbons (Fsp3) is 0.562. The SMILES string of the molecule is C=[N+](CCC(C)C)C(C)=C1C=C(C2=CC=CC(C)C2)C=C(C2CC2C)C1=NC(C)C1CC=CNC1. The van der Waals surface area contributed by atoms with Crippen LogP contribution in [-0.4, -0.2) is 36.1 Å². The molecule has 1 fully saturated rings. The van der Waals surface area contributed by atoms with Crippen LogP contribution in [-0.2, 0) is 0 Å². The molecule has 0 radical (unpaired) electrons. The van der Waals surface area contributed by atoms with E-state index in [9.17, 15) is 0 Å². The van der Waals surface area contributed by atoms with E-state index in [-0.39, 0.29) is 6.04 Å². The molecule has 5 unspecified atom stereocenters. The first-order valence-corrected chi connectivity index (χ1v) is 13.8. The van der Waals surface area contributed by atoms with Gasteiger partial charge in [-0.1, -0.05) is 52.0 Å². The Bertz CT molecular complexity index is 1040. The van der Waals surface area contributed by atoms with Crippen LogP contribution < -0.4 is 5.32 Å². The molecule has 4 aliphatic rings. The molecule has 5 atom stereocenters. The average Bonchev–Trinajstić information content (AvgIpc) is 3.58. The summed E-state index contributed by atoms with van der Waals surface area (Å²) in [6.45, 7) is 20.3. The quantitative estimate of drug-likeness (QED) is 0.298. The van der Waals surface area contributed by atoms with E-state index in [1.54, 1.807) is 0 Å². The van der Waals surface area contributed by atoms with Crippen LogP contribution in [0.4, 0.5) is 0 Å². The number of nitrogens with zero attached hydrogens (tertiary/aromatic N) is 2. The molecule has 1 saturated carbocycles. The predicted octanol–water partition coefficient (Wildman–Crippen LogP) is 7.02. The third-order valence-electron chi connectivity index (χ3n) is 8.21. The fourth-order valence-electron chi connectivity index (χ4n) is 5.42. The van der Waals surface area contributed by atoms with Crippen LogP contribution in [0, 0.1) is 29.6 Å². The maximum Gasteiger partial charge on any atom is 0.187 e. The Morgan fingerprint density at radius 1 is 1.23 bits per heavy atom. The maximum atomic E-state index is 5.50. The van der Waals surface area contributed by atoms with Gasteiger partial charge in [0.05, 0.1) is 17.3 Å². The van der Waals surface area contributed by atoms with Gasteiger partial charge in [0.2, 0.25) is 0 Å². The van der Waals surface area contributed by atoms with E-state index < -0.39 is 0 Å². The van der Waals surface area contributed by atoms with Gasteiger partial charge in [-0.2, -0.15) is 0 Å². The molecule has 3 aliphatic carbocycles. The monoisotopic (exact) mass is 472 g/mol. The topological polar surface area (TPSA) is 27.4 Å². The first kappa shape index (κ1) is 25.7. The summed E-state index contributed by atoms with van der Waals surface area (Å²) in [5.41, 5.74) is 8.02. The number of allylic oxidation sites excluding steroid dienone is 11. The van der Waals surface area contributed by atoms with Crippen LogP contribution in [0.25, 0.3) is 0 Å². The van der Waals surface area contributed by atoms with Crippen molar-refractivity contribution in [3.63, 3.8) is 0 Å². The first-order valence-electron chi connectivity index (χ1n) is 13.8. The van der Waals surface area contributed by atoms with Crippen LogP contribution >= 0.6 is 0 Å². The van der Waals surface area contributed by atoms with Crippen molar-refractivity contribution in [1.29, 1.82) is 0 Å². The van der Waals surface area contributed by atoms with Crippen molar-refractivity contribution in [2.45, 2.75) is 73.3 Å². The van der Waals surface area contributed by atoms with E-state index in [4.69, 9.17) is 4.99 Å². The number of aliphatic imine (C=N–C) groups is 1. The normalized spacial score (nSPS) is 31.5. The lowest BCUT2D eigenvalue weighted by molar-refractivity contribution is -0.469. The molecule has 3 nitrogen and oxygen atoms in total. The van der Waals surface area contributed by atoms with Gasteiger partial charge >= 0.3 is 0 Å². The lowest BCUT2D eigenvalue weighted by Gasteiger charge is -2.27. The maximum absolute atomic E-state index is 5.50. The second-order valence-corrected chi connectivity index (χ2v) is 11.7. The summed E-state index contributed by atoms with van der Waals surface area (Å²) in [7, 11) is 0. The number of hydrogen-bond acceptors (Lipinski definition) is 2. The summed E-state index contributed by atoms with van der Waals surface area (Å²) in [5.74, 6) is 3.12. The van der Waals surface area contributed by atoms with E-state index in [0.717, 1.165) is 38.3 Å². The highest BCUT2D eigenvalue weighted by Gasteiger charge is 2.41. The van der Waals surface area contributed by atoms with Crippen molar-refractivity contribution in [3.8, 4) is 0 Å². The third-order valence-corrected chi connectivity index (χ3v) is 8.21. The zero-order valence-corrected chi connectivity index (χ0v) is 22.8. The largest absolute Gasteiger partial charge is 0.391 e. The van der Waals surface area contributed by atoms with E-state index in [1.807, 2.05) is 0 Å². The lowest BCUT2D eigenvalue weighted by Crippen LogP contribution is -2.30. The molecule has 188 valence electrons. The van der Waals surface area contributed by atoms with Crippen molar-refractivity contribution >= 4 is 12.4 Å². The molecular formula is C32H46N3+. The smallest absolute Gasteiger partial charge is 0.187 e. The number of hydrogen-bond donors (Lipinski definition) is 1. The van der Waals surface area contributed by atoms with Crippen molar-refractivity contribution in [1.82, 2.24) is 5.32 Å². The van der Waals surface area contributed by atoms with Gasteiger partial charge in [0.25, 0.3) is 0 Å². The minimum Gasteiger partial charge on any atom is -0.391 e. The predicted molar refractivity (Wildman–Crippen MR) is 151 cm³/mol. The van der Waals surface area contributed by atoms with E-state index in [0.29, 0.717) is 23.7 Å². The molecule has 0 saturated heterocycles. The van der Waals surface area contributed by atoms with Gasteiger partial charge in [-0.15, -0.1) is 0 Å². The number of nitrogens with one attached hydrogen (secondary N) is 1. The molecule has 3 heteroatoms. The Hall–Kier alpha value is -2.42. The Morgan fingerprint density at radius 3 is 2.63 bits per heavy atom. The van der Waals surface area contributed by atoms with E-state index >= 15 is 0 Å². The summed E-state index contributed by atoms with van der Waals surface area (Å²) in [5, 5.41) is 3.42. The summed E-state index contributed by atoms with van der Waals surface area (Å²) >= 11 is 0. The third kappa shape index (κ3) is 6.23. The van der Waals surface area contributed by atoms with Crippen LogP contribution in [0.5, 0.6) is 0 Å². The second-order valence-electron chi connectivity index (χ2n) is 11.7. The van der Waals surface area contributed by atoms with Gasteiger partial charge in [0.15, 0.2) is 5.70 Å². The molecule has 0 aromatic rings. The molecule has 0 amide bonds. The molecule has 0 bridgehead atoms. The molecule has 4 rings (SSSR count). The van der Waals surface area contributed by atoms with E-state index in [1.165, 1.54) is 40.1 Å². The number of rotatable bonds is 8. The zero-order valence-electron chi connectivity index (χ0n) is 22.8. The Kier molecular flexibility index (Phi) is 8.14. The van der Waals surface area contributed by atoms with Gasteiger partial charge in [0.1, 0.15) is 13.3 Å². The highest BCUT2D eigenvalue weighted by molar-refractivity contribution is 6.17. The van der Waals surface area contributed by atoms with Crippen molar-refractivity contribution in [2.24, 2.45) is 34.6 Å². The molecule has 35 heavy (non-hydrogen) atoms. The van der Waals surface area contributed by atoms with Crippen LogP contribution in [0.15, 0.2) is 75.6 Å². The molecule has 1 N–H and O–H groups in total. The zero-order chi connectivity index (χ0) is 25.1. The highest BCUT2D eigenvalue weighted by atomic mass is 15.0. The minimum absolute atomic E-state index is 0.267. The van der Waals surface area contributed by atoms with Gasteiger partial charge in [-0.05, 0) is 84.9 Å². The van der Waals surface area contributed by atoms with Gasteiger partial charge in [-0.25, -0.2) is 4.58 Å². The molecule has 1 heterocycles. The van der Waals surface area contributed by atoms with Crippen molar-refractivity contribution in [2.75, 3.05) is 13.1 Å². The lowest BCUT2D eigenvalue weighted by atomic mass is 9.82. The molecule has 1 aliphatic heterocycles. The molecular weight excluding hydrogens is 426 g/mol. The Labute approximate surface area is 213 Å². The fourth-order valence-corrected chi connectivity index (χ4v) is 5.42. The van der Waals surface area contributed by atoms with Gasteiger partial charge in [0, 0.05) is 25.8 Å². The molecule has 0 spiro atoms. The summed E-state index contributed by atoms with van der Waals surface area (Å²) < 4.78 is 2.21. The summed E-state index contributed by atoms with van der Waals surface area (Å²) in [4.78, 5) is 5.50. The first-order chi connectivity index (χ1) is 16.7. The average molecular weight is 473 g/mol. The summed E-state index contributed by atoms with van der Waals surface area (Å²) in [6, 6.07) is 0.267. The van der Waals surface area contributed by atoms with E-state index in [2.05, 4.69) is 101 Å². The Balaban J connectivity index is 1.78. The molecule has 0 aromatic heterocycles.